The highest BCUT2D eigenvalue weighted by Crippen LogP contribution is 2.28. The van der Waals surface area contributed by atoms with Crippen molar-refractivity contribution in [3.63, 3.8) is 0 Å². The molecule has 1 fully saturated rings. The minimum absolute atomic E-state index is 0.133. The average molecular weight is 221 g/mol. The number of nitrogens with zero attached hydrogens (tertiary/aromatic N) is 2. The average Bonchev–Trinajstić information content (AvgIpc) is 2.64. The number of hydrogen-bond donors (Lipinski definition) is 2. The van der Waals surface area contributed by atoms with Crippen LogP contribution in [0.2, 0.25) is 0 Å². The number of nitrogens with two attached hydrogens (primary N) is 1. The zero-order chi connectivity index (χ0) is 11.7. The molecule has 2 heterocycles. The van der Waals surface area contributed by atoms with Gasteiger partial charge in [0.15, 0.2) is 5.82 Å². The van der Waals surface area contributed by atoms with Crippen LogP contribution in [0.1, 0.15) is 30.1 Å². The van der Waals surface area contributed by atoms with Crippen LogP contribution in [-0.2, 0) is 0 Å². The smallest absolute Gasteiger partial charge is 0.337 e. The lowest BCUT2D eigenvalue weighted by Crippen LogP contribution is -2.28. The van der Waals surface area contributed by atoms with Crippen molar-refractivity contribution in [2.24, 2.45) is 0 Å². The van der Waals surface area contributed by atoms with Crippen molar-refractivity contribution in [1.29, 1.82) is 0 Å². The first-order chi connectivity index (χ1) is 7.59. The summed E-state index contributed by atoms with van der Waals surface area (Å²) in [5.41, 5.74) is 6.40. The first-order valence-corrected chi connectivity index (χ1v) is 5.35. The fourth-order valence-corrected chi connectivity index (χ4v) is 2.08. The van der Waals surface area contributed by atoms with Gasteiger partial charge in [-0.25, -0.2) is 9.78 Å². The van der Waals surface area contributed by atoms with Crippen LogP contribution < -0.4 is 10.6 Å². The second kappa shape index (κ2) is 4.00. The molecule has 1 aromatic heterocycles. The van der Waals surface area contributed by atoms with Gasteiger partial charge in [-0.1, -0.05) is 0 Å². The molecule has 16 heavy (non-hydrogen) atoms. The van der Waals surface area contributed by atoms with E-state index in [4.69, 9.17) is 10.8 Å². The largest absolute Gasteiger partial charge is 0.478 e. The lowest BCUT2D eigenvalue weighted by atomic mass is 10.2. The van der Waals surface area contributed by atoms with E-state index in [1.54, 1.807) is 0 Å². The van der Waals surface area contributed by atoms with Crippen LogP contribution in [0, 0.1) is 0 Å². The third kappa shape index (κ3) is 1.80. The molecule has 0 radical (unpaired) electrons. The summed E-state index contributed by atoms with van der Waals surface area (Å²) >= 11 is 0. The highest BCUT2D eigenvalue weighted by molar-refractivity contribution is 5.89. The molecule has 1 aromatic rings. The molecule has 5 nitrogen and oxygen atoms in total. The Bertz CT molecular complexity index is 420. The molecule has 3 N–H and O–H groups in total. The van der Waals surface area contributed by atoms with E-state index in [-0.39, 0.29) is 5.56 Å². The van der Waals surface area contributed by atoms with Crippen LogP contribution in [-0.4, -0.2) is 28.6 Å². The van der Waals surface area contributed by atoms with Gasteiger partial charge in [0.25, 0.3) is 0 Å². The number of aromatic carboxylic acids is 1. The van der Waals surface area contributed by atoms with Crippen LogP contribution in [0.3, 0.4) is 0 Å². The summed E-state index contributed by atoms with van der Waals surface area (Å²) in [6.07, 6.45) is 3.61. The highest BCUT2D eigenvalue weighted by atomic mass is 16.4. The zero-order valence-electron chi connectivity index (χ0n) is 9.18. The second-order valence-corrected chi connectivity index (χ2v) is 4.13. The summed E-state index contributed by atoms with van der Waals surface area (Å²) < 4.78 is 0. The molecule has 86 valence electrons. The Kier molecular flexibility index (Phi) is 2.68. The Morgan fingerprint density at radius 3 is 2.94 bits per heavy atom. The number of anilines is 2. The Morgan fingerprint density at radius 1 is 1.69 bits per heavy atom. The normalized spacial score (nSPS) is 20.1. The highest BCUT2D eigenvalue weighted by Gasteiger charge is 2.23. The van der Waals surface area contributed by atoms with Crippen molar-refractivity contribution in [2.75, 3.05) is 17.2 Å². The molecule has 0 bridgehead atoms. The standard InChI is InChI=1S/C11H15N3O2/c1-7-3-2-4-14(7)10-9(12)5-8(6-13-10)11(15)16/h5-7H,2-4,12H2,1H3,(H,15,16). The van der Waals surface area contributed by atoms with Crippen molar-refractivity contribution in [3.05, 3.63) is 17.8 Å². The number of pyridine rings is 1. The maximum atomic E-state index is 10.7. The zero-order valence-corrected chi connectivity index (χ0v) is 9.18. The van der Waals surface area contributed by atoms with Crippen molar-refractivity contribution < 1.29 is 9.90 Å². The molecule has 1 aliphatic heterocycles. The number of hydrogen-bond acceptors (Lipinski definition) is 4. The van der Waals surface area contributed by atoms with E-state index in [9.17, 15) is 4.79 Å². The molecule has 5 heteroatoms. The SMILES string of the molecule is CC1CCCN1c1ncc(C(=O)O)cc1N. The molecule has 1 atom stereocenters. The molecule has 1 aliphatic rings. The van der Waals surface area contributed by atoms with Gasteiger partial charge in [0.05, 0.1) is 11.3 Å². The van der Waals surface area contributed by atoms with Gasteiger partial charge < -0.3 is 15.7 Å². The number of nitrogen functional groups attached to an aromatic ring is 1. The van der Waals surface area contributed by atoms with Crippen molar-refractivity contribution >= 4 is 17.5 Å². The molecular formula is C11H15N3O2. The molecule has 0 amide bonds. The third-order valence-corrected chi connectivity index (χ3v) is 2.97. The van der Waals surface area contributed by atoms with Crippen LogP contribution >= 0.6 is 0 Å². The van der Waals surface area contributed by atoms with E-state index in [1.807, 2.05) is 0 Å². The summed E-state index contributed by atoms with van der Waals surface area (Å²) in [5, 5.41) is 8.81. The number of carboxylic acid groups (broad SMARTS) is 1. The molecule has 0 aliphatic carbocycles. The summed E-state index contributed by atoms with van der Waals surface area (Å²) in [7, 11) is 0. The number of rotatable bonds is 2. The van der Waals surface area contributed by atoms with Crippen LogP contribution in [0.25, 0.3) is 0 Å². The quantitative estimate of drug-likeness (QED) is 0.788. The predicted molar refractivity (Wildman–Crippen MR) is 61.7 cm³/mol. The van der Waals surface area contributed by atoms with Gasteiger partial charge >= 0.3 is 5.97 Å². The van der Waals surface area contributed by atoms with Gasteiger partial charge in [-0.3, -0.25) is 0 Å². The number of carbonyl (C=O) groups is 1. The third-order valence-electron chi connectivity index (χ3n) is 2.97. The van der Waals surface area contributed by atoms with E-state index >= 15 is 0 Å². The van der Waals surface area contributed by atoms with Gasteiger partial charge in [-0.15, -0.1) is 0 Å². The fourth-order valence-electron chi connectivity index (χ4n) is 2.08. The topological polar surface area (TPSA) is 79.5 Å². The minimum atomic E-state index is -1.000. The lowest BCUT2D eigenvalue weighted by Gasteiger charge is -2.23. The van der Waals surface area contributed by atoms with Gasteiger partial charge in [0.2, 0.25) is 0 Å². The van der Waals surface area contributed by atoms with Crippen LogP contribution in [0.5, 0.6) is 0 Å². The Morgan fingerprint density at radius 2 is 2.44 bits per heavy atom. The van der Waals surface area contributed by atoms with E-state index in [0.717, 1.165) is 19.4 Å². The van der Waals surface area contributed by atoms with Gasteiger partial charge in [0, 0.05) is 18.8 Å². The first-order valence-electron chi connectivity index (χ1n) is 5.35. The summed E-state index contributed by atoms with van der Waals surface area (Å²) in [5.74, 6) is -0.296. The van der Waals surface area contributed by atoms with Crippen molar-refractivity contribution in [2.45, 2.75) is 25.8 Å². The monoisotopic (exact) mass is 221 g/mol. The summed E-state index contributed by atoms with van der Waals surface area (Å²) in [6, 6.07) is 1.89. The first kappa shape index (κ1) is 10.7. The van der Waals surface area contributed by atoms with E-state index in [2.05, 4.69) is 16.8 Å². The fraction of sp³-hybridized carbons (Fsp3) is 0.455. The lowest BCUT2D eigenvalue weighted by molar-refractivity contribution is 0.0696. The molecule has 0 saturated carbocycles. The van der Waals surface area contributed by atoms with Gasteiger partial charge in [-0.2, -0.15) is 0 Å². The molecule has 1 unspecified atom stereocenters. The Labute approximate surface area is 93.9 Å². The Balaban J connectivity index is 2.32. The maximum Gasteiger partial charge on any atom is 0.337 e. The summed E-state index contributed by atoms with van der Waals surface area (Å²) in [4.78, 5) is 17.0. The van der Waals surface area contributed by atoms with Crippen LogP contribution in [0.4, 0.5) is 11.5 Å². The predicted octanol–water partition coefficient (Wildman–Crippen LogP) is 1.35. The Hall–Kier alpha value is -1.78. The molecule has 0 aromatic carbocycles. The van der Waals surface area contributed by atoms with E-state index < -0.39 is 5.97 Å². The van der Waals surface area contributed by atoms with Crippen molar-refractivity contribution in [3.8, 4) is 0 Å². The van der Waals surface area contributed by atoms with E-state index in [1.165, 1.54) is 12.3 Å². The number of aromatic nitrogens is 1. The van der Waals surface area contributed by atoms with Gasteiger partial charge in [0.1, 0.15) is 0 Å². The molecule has 0 spiro atoms. The van der Waals surface area contributed by atoms with E-state index in [0.29, 0.717) is 17.5 Å². The van der Waals surface area contributed by atoms with Gasteiger partial charge in [-0.05, 0) is 25.8 Å². The summed E-state index contributed by atoms with van der Waals surface area (Å²) in [6.45, 7) is 3.06. The van der Waals surface area contributed by atoms with Crippen molar-refractivity contribution in [1.82, 2.24) is 4.98 Å². The second-order valence-electron chi connectivity index (χ2n) is 4.13. The van der Waals surface area contributed by atoms with Crippen LogP contribution in [0.15, 0.2) is 12.3 Å². The maximum absolute atomic E-state index is 10.7. The minimum Gasteiger partial charge on any atom is -0.478 e. The molecule has 1 saturated heterocycles. The molecular weight excluding hydrogens is 206 g/mol. The number of carboxylic acids is 1. The molecule has 2 rings (SSSR count).